The lowest BCUT2D eigenvalue weighted by Gasteiger charge is -1.99. The topological polar surface area (TPSA) is 35.2 Å². The van der Waals surface area contributed by atoms with Gasteiger partial charge < -0.3 is 10.5 Å². The van der Waals surface area contributed by atoms with Gasteiger partial charge >= 0.3 is 0 Å². The van der Waals surface area contributed by atoms with Crippen LogP contribution < -0.4 is 5.73 Å². The number of methoxy groups -OCH3 is 1. The van der Waals surface area contributed by atoms with E-state index in [0.29, 0.717) is 0 Å². The van der Waals surface area contributed by atoms with Crippen LogP contribution in [0.4, 0.5) is 0 Å². The van der Waals surface area contributed by atoms with Crippen LogP contribution in [0.3, 0.4) is 0 Å². The second-order valence-corrected chi connectivity index (χ2v) is 3.68. The lowest BCUT2D eigenvalue weighted by atomic mass is 10.4. The maximum Gasteiger partial charge on any atom is 0.0462 e. The molecule has 11 heavy (non-hydrogen) atoms. The molecule has 0 aliphatic rings. The van der Waals surface area contributed by atoms with Gasteiger partial charge in [-0.1, -0.05) is 0 Å². The van der Waals surface area contributed by atoms with Crippen LogP contribution in [0.2, 0.25) is 0 Å². The predicted molar refractivity (Wildman–Crippen MR) is 52.1 cm³/mol. The van der Waals surface area contributed by atoms with Crippen molar-refractivity contribution in [1.82, 2.24) is 0 Å². The second-order valence-electron chi connectivity index (χ2n) is 2.45. The van der Waals surface area contributed by atoms with Crippen molar-refractivity contribution in [2.45, 2.75) is 19.3 Å². The van der Waals surface area contributed by atoms with Gasteiger partial charge in [0.25, 0.3) is 0 Å². The SMILES string of the molecule is COCCCCSCCCN. The molecule has 0 heterocycles. The number of unbranched alkanes of at least 4 members (excludes halogenated alkanes) is 1. The van der Waals surface area contributed by atoms with E-state index in [2.05, 4.69) is 0 Å². The van der Waals surface area contributed by atoms with Gasteiger partial charge in [0.1, 0.15) is 0 Å². The van der Waals surface area contributed by atoms with Crippen molar-refractivity contribution in [3.05, 3.63) is 0 Å². The molecule has 0 bridgehead atoms. The van der Waals surface area contributed by atoms with Gasteiger partial charge in [0.15, 0.2) is 0 Å². The van der Waals surface area contributed by atoms with Crippen LogP contribution >= 0.6 is 11.8 Å². The van der Waals surface area contributed by atoms with Crippen molar-refractivity contribution < 1.29 is 4.74 Å². The Labute approximate surface area is 73.9 Å². The molecule has 0 saturated heterocycles. The summed E-state index contributed by atoms with van der Waals surface area (Å²) in [6.07, 6.45) is 3.60. The fourth-order valence-corrected chi connectivity index (χ4v) is 1.72. The van der Waals surface area contributed by atoms with E-state index in [-0.39, 0.29) is 0 Å². The molecule has 0 aromatic heterocycles. The number of thioether (sulfide) groups is 1. The summed E-state index contributed by atoms with van der Waals surface area (Å²) in [5.41, 5.74) is 5.36. The zero-order valence-corrected chi connectivity index (χ0v) is 8.16. The Hall–Kier alpha value is 0.270. The summed E-state index contributed by atoms with van der Waals surface area (Å²) in [7, 11) is 1.75. The Morgan fingerprint density at radius 2 is 1.91 bits per heavy atom. The van der Waals surface area contributed by atoms with Gasteiger partial charge in [0.05, 0.1) is 0 Å². The third kappa shape index (κ3) is 10.3. The van der Waals surface area contributed by atoms with Crippen LogP contribution in [0, 0.1) is 0 Å². The number of ether oxygens (including phenoxy) is 1. The van der Waals surface area contributed by atoms with Gasteiger partial charge in [-0.05, 0) is 37.3 Å². The van der Waals surface area contributed by atoms with Crippen LogP contribution in [0.1, 0.15) is 19.3 Å². The van der Waals surface area contributed by atoms with Crippen molar-refractivity contribution in [2.75, 3.05) is 31.8 Å². The van der Waals surface area contributed by atoms with Gasteiger partial charge in [-0.25, -0.2) is 0 Å². The average molecular weight is 177 g/mol. The van der Waals surface area contributed by atoms with Gasteiger partial charge in [0, 0.05) is 13.7 Å². The highest BCUT2D eigenvalue weighted by Crippen LogP contribution is 2.05. The highest BCUT2D eigenvalue weighted by molar-refractivity contribution is 7.99. The molecule has 0 saturated carbocycles. The quantitative estimate of drug-likeness (QED) is 0.571. The summed E-state index contributed by atoms with van der Waals surface area (Å²) < 4.78 is 4.94. The van der Waals surface area contributed by atoms with E-state index in [1.54, 1.807) is 7.11 Å². The first-order valence-corrected chi connectivity index (χ1v) is 5.34. The zero-order valence-electron chi connectivity index (χ0n) is 7.34. The molecule has 2 N–H and O–H groups in total. The maximum absolute atomic E-state index is 5.36. The highest BCUT2D eigenvalue weighted by Gasteiger charge is 1.89. The van der Waals surface area contributed by atoms with Crippen molar-refractivity contribution in [3.8, 4) is 0 Å². The molecule has 0 aliphatic heterocycles. The summed E-state index contributed by atoms with van der Waals surface area (Å²) in [5.74, 6) is 2.47. The molecule has 0 unspecified atom stereocenters. The van der Waals surface area contributed by atoms with Crippen molar-refractivity contribution in [1.29, 1.82) is 0 Å². The van der Waals surface area contributed by atoms with Crippen LogP contribution in [-0.2, 0) is 4.74 Å². The molecule has 3 heteroatoms. The molecule has 68 valence electrons. The van der Waals surface area contributed by atoms with E-state index in [4.69, 9.17) is 10.5 Å². The van der Waals surface area contributed by atoms with Crippen LogP contribution in [-0.4, -0.2) is 31.8 Å². The smallest absolute Gasteiger partial charge is 0.0462 e. The molecule has 0 rings (SSSR count). The minimum absolute atomic E-state index is 0.824. The molecule has 0 aromatic rings. The molecule has 2 nitrogen and oxygen atoms in total. The minimum Gasteiger partial charge on any atom is -0.385 e. The number of hydrogen-bond acceptors (Lipinski definition) is 3. The maximum atomic E-state index is 5.36. The Balaban J connectivity index is 2.69. The van der Waals surface area contributed by atoms with E-state index < -0.39 is 0 Å². The Morgan fingerprint density at radius 1 is 1.18 bits per heavy atom. The standard InChI is InChI=1S/C8H19NOS/c1-10-6-2-3-7-11-8-4-5-9/h2-9H2,1H3. The monoisotopic (exact) mass is 177 g/mol. The highest BCUT2D eigenvalue weighted by atomic mass is 32.2. The van der Waals surface area contributed by atoms with Gasteiger partial charge in [-0.2, -0.15) is 11.8 Å². The Morgan fingerprint density at radius 3 is 2.55 bits per heavy atom. The number of hydrogen-bond donors (Lipinski definition) is 1. The lowest BCUT2D eigenvalue weighted by Crippen LogP contribution is -1.99. The summed E-state index contributed by atoms with van der Waals surface area (Å²) in [5, 5.41) is 0. The third-order valence-corrected chi connectivity index (χ3v) is 2.53. The lowest BCUT2D eigenvalue weighted by molar-refractivity contribution is 0.194. The zero-order chi connectivity index (χ0) is 8.36. The average Bonchev–Trinajstić information content (AvgIpc) is 2.03. The molecular weight excluding hydrogens is 158 g/mol. The van der Waals surface area contributed by atoms with Gasteiger partial charge in [0.2, 0.25) is 0 Å². The van der Waals surface area contributed by atoms with Crippen molar-refractivity contribution >= 4 is 11.8 Å². The van der Waals surface area contributed by atoms with Crippen molar-refractivity contribution in [2.24, 2.45) is 5.73 Å². The molecule has 0 aromatic carbocycles. The minimum atomic E-state index is 0.824. The molecular formula is C8H19NOS. The first-order valence-electron chi connectivity index (χ1n) is 4.18. The summed E-state index contributed by atoms with van der Waals surface area (Å²) in [4.78, 5) is 0. The summed E-state index contributed by atoms with van der Waals surface area (Å²) >= 11 is 1.99. The summed E-state index contributed by atoms with van der Waals surface area (Å²) in [6, 6.07) is 0. The Kier molecular flexibility index (Phi) is 10.5. The van der Waals surface area contributed by atoms with Crippen LogP contribution in [0.15, 0.2) is 0 Å². The summed E-state index contributed by atoms with van der Waals surface area (Å²) in [6.45, 7) is 1.72. The molecule has 0 amide bonds. The number of nitrogens with two attached hydrogens (primary N) is 1. The van der Waals surface area contributed by atoms with Crippen molar-refractivity contribution in [3.63, 3.8) is 0 Å². The second kappa shape index (κ2) is 10.3. The van der Waals surface area contributed by atoms with Gasteiger partial charge in [-0.3, -0.25) is 0 Å². The molecule has 0 radical (unpaired) electrons. The number of rotatable bonds is 8. The molecule has 0 aliphatic carbocycles. The molecule has 0 fully saturated rings. The first-order chi connectivity index (χ1) is 5.41. The fourth-order valence-electron chi connectivity index (χ4n) is 0.738. The van der Waals surface area contributed by atoms with Crippen LogP contribution in [0.5, 0.6) is 0 Å². The third-order valence-electron chi connectivity index (χ3n) is 1.38. The largest absolute Gasteiger partial charge is 0.385 e. The molecule has 0 spiro atoms. The van der Waals surface area contributed by atoms with E-state index in [1.165, 1.54) is 24.3 Å². The predicted octanol–water partition coefficient (Wildman–Crippen LogP) is 1.50. The van der Waals surface area contributed by atoms with E-state index in [9.17, 15) is 0 Å². The fraction of sp³-hybridized carbons (Fsp3) is 1.00. The normalized spacial score (nSPS) is 10.4. The van der Waals surface area contributed by atoms with E-state index in [1.807, 2.05) is 11.8 Å². The van der Waals surface area contributed by atoms with Crippen LogP contribution in [0.25, 0.3) is 0 Å². The first kappa shape index (κ1) is 11.3. The van der Waals surface area contributed by atoms with E-state index >= 15 is 0 Å². The van der Waals surface area contributed by atoms with Gasteiger partial charge in [-0.15, -0.1) is 0 Å². The Bertz CT molecular complexity index is 63.1. The molecule has 0 atom stereocenters. The van der Waals surface area contributed by atoms with E-state index in [0.717, 1.165) is 19.6 Å².